The van der Waals surface area contributed by atoms with Crippen LogP contribution in [0.4, 0.5) is 8.78 Å². The second kappa shape index (κ2) is 6.00. The summed E-state index contributed by atoms with van der Waals surface area (Å²) in [4.78, 5) is 14.6. The van der Waals surface area contributed by atoms with Crippen LogP contribution in [0.3, 0.4) is 0 Å². The van der Waals surface area contributed by atoms with E-state index in [1.165, 1.54) is 0 Å². The molecule has 1 saturated carbocycles. The quantitative estimate of drug-likeness (QED) is 0.843. The first-order valence-corrected chi connectivity index (χ1v) is 7.10. The van der Waals surface area contributed by atoms with Crippen LogP contribution < -0.4 is 0 Å². The predicted molar refractivity (Wildman–Crippen MR) is 74.6 cm³/mol. The summed E-state index contributed by atoms with van der Waals surface area (Å²) in [5.74, 6) is -1.02. The first kappa shape index (κ1) is 15.1. The average molecular weight is 281 g/mol. The number of Topliss-reactive ketones (excluding diaryl/α,β-unsaturated/α-hetero) is 1. The molecule has 20 heavy (non-hydrogen) atoms. The molecular formula is C16H21F2NO. The maximum atomic E-state index is 13.7. The number of halogens is 2. The summed E-state index contributed by atoms with van der Waals surface area (Å²) in [7, 11) is 3.79. The molecule has 0 N–H and O–H groups in total. The summed E-state index contributed by atoms with van der Waals surface area (Å²) >= 11 is 0. The van der Waals surface area contributed by atoms with Crippen molar-refractivity contribution in [2.75, 3.05) is 14.1 Å². The smallest absolute Gasteiger partial charge is 0.157 e. The van der Waals surface area contributed by atoms with Crippen molar-refractivity contribution in [3.05, 3.63) is 35.4 Å². The Morgan fingerprint density at radius 2 is 1.85 bits per heavy atom. The summed E-state index contributed by atoms with van der Waals surface area (Å²) in [6.45, 7) is 0. The monoisotopic (exact) mass is 281 g/mol. The van der Waals surface area contributed by atoms with E-state index in [0.29, 0.717) is 0 Å². The number of benzene rings is 1. The molecule has 0 bridgehead atoms. The van der Waals surface area contributed by atoms with E-state index in [1.54, 1.807) is 0 Å². The Bertz CT molecular complexity index is 493. The Morgan fingerprint density at radius 3 is 2.45 bits per heavy atom. The summed E-state index contributed by atoms with van der Waals surface area (Å²) in [6, 6.07) is 3.28. The zero-order valence-corrected chi connectivity index (χ0v) is 12.1. The standard InChI is InChI=1S/C16H21F2NO/c1-19(2)16(8-4-3-5-9-16)15(20)11-12-10-13(17)6-7-14(12)18/h6-7,10H,3-5,8-9,11H2,1-2H3. The van der Waals surface area contributed by atoms with Crippen molar-refractivity contribution in [1.29, 1.82) is 0 Å². The molecule has 0 atom stereocenters. The van der Waals surface area contributed by atoms with Crippen molar-refractivity contribution in [2.24, 2.45) is 0 Å². The van der Waals surface area contributed by atoms with Gasteiger partial charge in [-0.3, -0.25) is 9.69 Å². The van der Waals surface area contributed by atoms with Crippen LogP contribution in [0.2, 0.25) is 0 Å². The third-order valence-corrected chi connectivity index (χ3v) is 4.41. The van der Waals surface area contributed by atoms with Gasteiger partial charge in [-0.15, -0.1) is 0 Å². The van der Waals surface area contributed by atoms with E-state index < -0.39 is 17.2 Å². The number of hydrogen-bond donors (Lipinski definition) is 0. The topological polar surface area (TPSA) is 20.3 Å². The number of carbonyl (C=O) groups is 1. The van der Waals surface area contributed by atoms with E-state index in [2.05, 4.69) is 0 Å². The van der Waals surface area contributed by atoms with Gasteiger partial charge in [0.25, 0.3) is 0 Å². The maximum Gasteiger partial charge on any atom is 0.157 e. The fraction of sp³-hybridized carbons (Fsp3) is 0.562. The van der Waals surface area contributed by atoms with E-state index in [1.807, 2.05) is 19.0 Å². The molecule has 2 rings (SSSR count). The van der Waals surface area contributed by atoms with Gasteiger partial charge in [-0.05, 0) is 50.7 Å². The minimum absolute atomic E-state index is 0.00769. The number of ketones is 1. The number of likely N-dealkylation sites (N-methyl/N-ethyl adjacent to an activating group) is 1. The van der Waals surface area contributed by atoms with Crippen LogP contribution >= 0.6 is 0 Å². The fourth-order valence-electron chi connectivity index (χ4n) is 3.13. The van der Waals surface area contributed by atoms with Crippen LogP contribution in [0, 0.1) is 11.6 Å². The van der Waals surface area contributed by atoms with Crippen LogP contribution in [0.15, 0.2) is 18.2 Å². The molecule has 1 aromatic rings. The van der Waals surface area contributed by atoms with Gasteiger partial charge in [0.1, 0.15) is 11.6 Å². The first-order chi connectivity index (χ1) is 9.45. The van der Waals surface area contributed by atoms with Crippen molar-refractivity contribution < 1.29 is 13.6 Å². The molecular weight excluding hydrogens is 260 g/mol. The molecule has 0 aromatic heterocycles. The predicted octanol–water partition coefficient (Wildman–Crippen LogP) is 3.34. The molecule has 0 saturated heterocycles. The highest BCUT2D eigenvalue weighted by atomic mass is 19.1. The second-order valence-corrected chi connectivity index (χ2v) is 5.82. The highest BCUT2D eigenvalue weighted by Crippen LogP contribution is 2.34. The molecule has 1 aliphatic carbocycles. The molecule has 0 heterocycles. The van der Waals surface area contributed by atoms with Gasteiger partial charge >= 0.3 is 0 Å². The number of rotatable bonds is 4. The molecule has 0 aliphatic heterocycles. The zero-order valence-electron chi connectivity index (χ0n) is 12.1. The zero-order chi connectivity index (χ0) is 14.8. The van der Waals surface area contributed by atoms with Crippen LogP contribution in [-0.4, -0.2) is 30.3 Å². The molecule has 1 aromatic carbocycles. The molecule has 2 nitrogen and oxygen atoms in total. The molecule has 0 amide bonds. The number of hydrogen-bond acceptors (Lipinski definition) is 2. The minimum Gasteiger partial charge on any atom is -0.297 e. The van der Waals surface area contributed by atoms with Crippen molar-refractivity contribution in [3.8, 4) is 0 Å². The van der Waals surface area contributed by atoms with E-state index in [9.17, 15) is 13.6 Å². The van der Waals surface area contributed by atoms with Gasteiger partial charge in [-0.2, -0.15) is 0 Å². The highest BCUT2D eigenvalue weighted by Gasteiger charge is 2.41. The molecule has 0 spiro atoms. The second-order valence-electron chi connectivity index (χ2n) is 5.82. The summed E-state index contributed by atoms with van der Waals surface area (Å²) in [5.41, 5.74) is -0.362. The Kier molecular flexibility index (Phi) is 4.53. The van der Waals surface area contributed by atoms with Crippen LogP contribution in [0.5, 0.6) is 0 Å². The SMILES string of the molecule is CN(C)C1(C(=O)Cc2cc(F)ccc2F)CCCCC1. The van der Waals surface area contributed by atoms with Crippen LogP contribution in [0.25, 0.3) is 0 Å². The van der Waals surface area contributed by atoms with Crippen molar-refractivity contribution >= 4 is 5.78 Å². The summed E-state index contributed by atoms with van der Waals surface area (Å²) in [6.07, 6.45) is 4.72. The van der Waals surface area contributed by atoms with Crippen molar-refractivity contribution in [1.82, 2.24) is 4.90 Å². The summed E-state index contributed by atoms with van der Waals surface area (Å²) in [5, 5.41) is 0. The third kappa shape index (κ3) is 2.90. The summed E-state index contributed by atoms with van der Waals surface area (Å²) < 4.78 is 26.9. The largest absolute Gasteiger partial charge is 0.297 e. The normalized spacial score (nSPS) is 18.2. The number of carbonyl (C=O) groups excluding carboxylic acids is 1. The van der Waals surface area contributed by atoms with Crippen molar-refractivity contribution in [2.45, 2.75) is 44.1 Å². The third-order valence-electron chi connectivity index (χ3n) is 4.41. The Balaban J connectivity index is 2.22. The van der Waals surface area contributed by atoms with Gasteiger partial charge in [0.15, 0.2) is 5.78 Å². The van der Waals surface area contributed by atoms with E-state index >= 15 is 0 Å². The molecule has 1 fully saturated rings. The van der Waals surface area contributed by atoms with Crippen LogP contribution in [0.1, 0.15) is 37.7 Å². The van der Waals surface area contributed by atoms with Gasteiger partial charge < -0.3 is 0 Å². The molecule has 110 valence electrons. The van der Waals surface area contributed by atoms with Gasteiger partial charge in [-0.25, -0.2) is 8.78 Å². The lowest BCUT2D eigenvalue weighted by Crippen LogP contribution is -2.53. The van der Waals surface area contributed by atoms with Gasteiger partial charge in [-0.1, -0.05) is 19.3 Å². The molecule has 0 radical (unpaired) electrons. The fourth-order valence-corrected chi connectivity index (χ4v) is 3.13. The number of nitrogens with zero attached hydrogens (tertiary/aromatic N) is 1. The van der Waals surface area contributed by atoms with E-state index in [-0.39, 0.29) is 17.8 Å². The maximum absolute atomic E-state index is 13.7. The average Bonchev–Trinajstić information content (AvgIpc) is 2.43. The van der Waals surface area contributed by atoms with E-state index in [0.717, 1.165) is 50.3 Å². The van der Waals surface area contributed by atoms with Gasteiger partial charge in [0.05, 0.1) is 5.54 Å². The lowest BCUT2D eigenvalue weighted by Gasteiger charge is -2.41. The van der Waals surface area contributed by atoms with Crippen LogP contribution in [-0.2, 0) is 11.2 Å². The van der Waals surface area contributed by atoms with E-state index in [4.69, 9.17) is 0 Å². The minimum atomic E-state index is -0.517. The molecule has 0 unspecified atom stereocenters. The lowest BCUT2D eigenvalue weighted by molar-refractivity contribution is -0.131. The first-order valence-electron chi connectivity index (χ1n) is 7.10. The lowest BCUT2D eigenvalue weighted by atomic mass is 9.76. The van der Waals surface area contributed by atoms with Crippen molar-refractivity contribution in [3.63, 3.8) is 0 Å². The highest BCUT2D eigenvalue weighted by molar-refractivity contribution is 5.90. The Hall–Kier alpha value is -1.29. The molecule has 4 heteroatoms. The van der Waals surface area contributed by atoms with Gasteiger partial charge in [0.2, 0.25) is 0 Å². The molecule has 1 aliphatic rings. The Labute approximate surface area is 118 Å². The Morgan fingerprint density at radius 1 is 1.20 bits per heavy atom. The van der Waals surface area contributed by atoms with Gasteiger partial charge in [0, 0.05) is 6.42 Å².